The molecule has 1 fully saturated rings. The van der Waals surface area contributed by atoms with E-state index in [2.05, 4.69) is 26.6 Å². The maximum absolute atomic E-state index is 13.4. The molecule has 7 N–H and O–H groups in total. The van der Waals surface area contributed by atoms with Gasteiger partial charge >= 0.3 is 18.0 Å². The number of hydrogen-bond donors (Lipinski definition) is 7. The van der Waals surface area contributed by atoms with Crippen LogP contribution in [0.5, 0.6) is 0 Å². The zero-order valence-corrected chi connectivity index (χ0v) is 25.2. The Hall–Kier alpha value is -3.91. The number of urea groups is 1. The second-order valence-corrected chi connectivity index (χ2v) is 11.5. The van der Waals surface area contributed by atoms with Crippen molar-refractivity contribution in [2.75, 3.05) is 13.1 Å². The summed E-state index contributed by atoms with van der Waals surface area (Å²) in [5, 5.41) is 31.0. The number of carbonyl (C=O) groups is 7. The van der Waals surface area contributed by atoms with E-state index in [0.717, 1.165) is 12.8 Å². The number of carboxylic acid groups (broad SMARTS) is 2. The van der Waals surface area contributed by atoms with Crippen molar-refractivity contribution in [2.24, 2.45) is 11.8 Å². The highest BCUT2D eigenvalue weighted by Crippen LogP contribution is 2.12. The number of hydrogen-bond acceptors (Lipinski definition) is 7. The summed E-state index contributed by atoms with van der Waals surface area (Å²) in [6.45, 7) is 11.3. The summed E-state index contributed by atoms with van der Waals surface area (Å²) in [5.41, 5.74) is 0. The van der Waals surface area contributed by atoms with Gasteiger partial charge in [0.2, 0.25) is 23.6 Å². The minimum atomic E-state index is -1.69. The maximum atomic E-state index is 13.4. The smallest absolute Gasteiger partial charge is 0.326 e. The van der Waals surface area contributed by atoms with Crippen molar-refractivity contribution < 1.29 is 43.8 Å². The average molecular weight is 599 g/mol. The summed E-state index contributed by atoms with van der Waals surface area (Å²) in [6.07, 6.45) is 0.263. The van der Waals surface area contributed by atoms with Gasteiger partial charge in [-0.1, -0.05) is 27.7 Å². The Labute approximate surface area is 245 Å². The standard InChI is InChI=1S/C27H46N6O9/c1-14(2)11-19(26(40)41)31-24(38)18(13-21(35)36)29-23(37)17(12-20(34)33-9-7-8-10-33)30-25(39)22(15(3)4)32-27(42)28-16(5)6/h14-19,22H,7-13H2,1-6H3,(H,29,37)(H,30,39)(H,31,38)(H,35,36)(H,40,41)(H2,28,32,42)/t17-,18-,19-,22-/m0/s1. The lowest BCUT2D eigenvalue weighted by molar-refractivity contribution is -0.144. The van der Waals surface area contributed by atoms with Crippen LogP contribution >= 0.6 is 0 Å². The van der Waals surface area contributed by atoms with Gasteiger partial charge in [0, 0.05) is 19.1 Å². The summed E-state index contributed by atoms with van der Waals surface area (Å²) < 4.78 is 0. The van der Waals surface area contributed by atoms with Gasteiger partial charge in [0.05, 0.1) is 12.8 Å². The van der Waals surface area contributed by atoms with Crippen molar-refractivity contribution in [2.45, 2.75) is 104 Å². The topological polar surface area (TPSA) is 223 Å². The molecule has 0 saturated carbocycles. The summed E-state index contributed by atoms with van der Waals surface area (Å²) in [5.74, 6) is -6.54. The molecule has 0 aliphatic carbocycles. The Morgan fingerprint density at radius 2 is 1.17 bits per heavy atom. The van der Waals surface area contributed by atoms with E-state index in [1.807, 2.05) is 0 Å². The first-order chi connectivity index (χ1) is 19.5. The van der Waals surface area contributed by atoms with Crippen molar-refractivity contribution in [3.63, 3.8) is 0 Å². The lowest BCUT2D eigenvalue weighted by Gasteiger charge is -2.28. The molecule has 15 heteroatoms. The van der Waals surface area contributed by atoms with E-state index in [1.54, 1.807) is 41.5 Å². The van der Waals surface area contributed by atoms with Gasteiger partial charge in [0.1, 0.15) is 24.2 Å². The number of rotatable bonds is 16. The van der Waals surface area contributed by atoms with E-state index in [1.165, 1.54) is 4.90 Å². The molecule has 0 aromatic rings. The van der Waals surface area contributed by atoms with Crippen molar-refractivity contribution in [3.8, 4) is 0 Å². The molecule has 0 spiro atoms. The van der Waals surface area contributed by atoms with Crippen molar-refractivity contribution in [3.05, 3.63) is 0 Å². The molecule has 0 aromatic carbocycles. The Morgan fingerprint density at radius 1 is 0.667 bits per heavy atom. The molecule has 42 heavy (non-hydrogen) atoms. The number of aliphatic carboxylic acids is 2. The molecule has 0 aromatic heterocycles. The van der Waals surface area contributed by atoms with Crippen LogP contribution in [0.15, 0.2) is 0 Å². The Kier molecular flexibility index (Phi) is 14.7. The molecule has 6 amide bonds. The van der Waals surface area contributed by atoms with Gasteiger partial charge in [-0.05, 0) is 44.9 Å². The Bertz CT molecular complexity index is 995. The molecule has 1 aliphatic heterocycles. The van der Waals surface area contributed by atoms with Crippen LogP contribution < -0.4 is 26.6 Å². The van der Waals surface area contributed by atoms with Crippen molar-refractivity contribution in [1.82, 2.24) is 31.5 Å². The highest BCUT2D eigenvalue weighted by Gasteiger charge is 2.35. The SMILES string of the molecule is CC(C)C[C@H](NC(=O)[C@H](CC(=O)O)NC(=O)[C@H](CC(=O)N1CCCC1)NC(=O)[C@@H](NC(=O)NC(C)C)C(C)C)C(=O)O. The monoisotopic (exact) mass is 598 g/mol. The molecule has 15 nitrogen and oxygen atoms in total. The number of nitrogens with one attached hydrogen (secondary N) is 5. The third kappa shape index (κ3) is 12.7. The summed E-state index contributed by atoms with van der Waals surface area (Å²) in [6, 6.07) is -6.45. The van der Waals surface area contributed by atoms with Gasteiger partial charge in [0.15, 0.2) is 0 Å². The zero-order chi connectivity index (χ0) is 32.1. The van der Waals surface area contributed by atoms with Gasteiger partial charge in [-0.15, -0.1) is 0 Å². The minimum Gasteiger partial charge on any atom is -0.481 e. The zero-order valence-electron chi connectivity index (χ0n) is 25.2. The molecule has 0 radical (unpaired) electrons. The van der Waals surface area contributed by atoms with Crippen LogP contribution in [0.4, 0.5) is 4.79 Å². The molecular weight excluding hydrogens is 552 g/mol. The second-order valence-electron chi connectivity index (χ2n) is 11.5. The fourth-order valence-corrected chi connectivity index (χ4v) is 4.34. The fourth-order valence-electron chi connectivity index (χ4n) is 4.34. The first-order valence-electron chi connectivity index (χ1n) is 14.2. The molecule has 1 rings (SSSR count). The van der Waals surface area contributed by atoms with Gasteiger partial charge in [-0.25, -0.2) is 9.59 Å². The Morgan fingerprint density at radius 3 is 1.62 bits per heavy atom. The normalized spacial score (nSPS) is 15.9. The molecule has 0 unspecified atom stereocenters. The molecular formula is C27H46N6O9. The number of amides is 6. The molecule has 1 heterocycles. The van der Waals surface area contributed by atoms with E-state index < -0.39 is 84.5 Å². The predicted molar refractivity (Wildman–Crippen MR) is 151 cm³/mol. The van der Waals surface area contributed by atoms with Crippen LogP contribution in [0, 0.1) is 11.8 Å². The van der Waals surface area contributed by atoms with Crippen molar-refractivity contribution >= 4 is 41.6 Å². The summed E-state index contributed by atoms with van der Waals surface area (Å²) >= 11 is 0. The molecule has 238 valence electrons. The van der Waals surface area contributed by atoms with Crippen LogP contribution in [0.1, 0.15) is 73.6 Å². The molecule has 1 aliphatic rings. The lowest BCUT2D eigenvalue weighted by Crippen LogP contribution is -2.60. The first-order valence-corrected chi connectivity index (χ1v) is 14.2. The van der Waals surface area contributed by atoms with E-state index in [-0.39, 0.29) is 18.4 Å². The lowest BCUT2D eigenvalue weighted by atomic mass is 10.0. The average Bonchev–Trinajstić information content (AvgIpc) is 3.40. The number of carboxylic acids is 2. The predicted octanol–water partition coefficient (Wildman–Crippen LogP) is -0.209. The second kappa shape index (κ2) is 17.1. The fraction of sp³-hybridized carbons (Fsp3) is 0.741. The number of carbonyl (C=O) groups excluding carboxylic acids is 5. The van der Waals surface area contributed by atoms with Gasteiger partial charge in [-0.2, -0.15) is 0 Å². The highest BCUT2D eigenvalue weighted by molar-refractivity contribution is 5.98. The maximum Gasteiger partial charge on any atom is 0.326 e. The summed E-state index contributed by atoms with van der Waals surface area (Å²) in [7, 11) is 0. The van der Waals surface area contributed by atoms with Crippen LogP contribution in [0.2, 0.25) is 0 Å². The third-order valence-electron chi connectivity index (χ3n) is 6.46. The van der Waals surface area contributed by atoms with E-state index in [0.29, 0.717) is 13.1 Å². The third-order valence-corrected chi connectivity index (χ3v) is 6.46. The quantitative estimate of drug-likeness (QED) is 0.125. The van der Waals surface area contributed by atoms with E-state index >= 15 is 0 Å². The molecule has 1 saturated heterocycles. The number of nitrogens with zero attached hydrogens (tertiary/aromatic N) is 1. The van der Waals surface area contributed by atoms with Crippen LogP contribution in [0.3, 0.4) is 0 Å². The Balaban J connectivity index is 3.21. The van der Waals surface area contributed by atoms with Gasteiger partial charge in [-0.3, -0.25) is 24.0 Å². The van der Waals surface area contributed by atoms with E-state index in [9.17, 15) is 43.8 Å². The number of likely N-dealkylation sites (tertiary alicyclic amines) is 1. The van der Waals surface area contributed by atoms with Crippen LogP contribution in [-0.2, 0) is 28.8 Å². The van der Waals surface area contributed by atoms with E-state index in [4.69, 9.17) is 0 Å². The highest BCUT2D eigenvalue weighted by atomic mass is 16.4. The van der Waals surface area contributed by atoms with Crippen LogP contribution in [0.25, 0.3) is 0 Å². The van der Waals surface area contributed by atoms with Crippen molar-refractivity contribution in [1.29, 1.82) is 0 Å². The molecule has 4 atom stereocenters. The van der Waals surface area contributed by atoms with Gasteiger partial charge in [0.25, 0.3) is 0 Å². The minimum absolute atomic E-state index is 0.0613. The first kappa shape index (κ1) is 36.1. The van der Waals surface area contributed by atoms with Gasteiger partial charge < -0.3 is 41.7 Å². The largest absolute Gasteiger partial charge is 0.481 e. The van der Waals surface area contributed by atoms with Crippen LogP contribution in [-0.4, -0.2) is 100 Å². The molecule has 0 bridgehead atoms. The summed E-state index contributed by atoms with van der Waals surface area (Å²) in [4.78, 5) is 89.5.